The van der Waals surface area contributed by atoms with Gasteiger partial charge in [-0.15, -0.1) is 0 Å². The summed E-state index contributed by atoms with van der Waals surface area (Å²) in [5.74, 6) is 0.597. The monoisotopic (exact) mass is 375 g/mol. The molecule has 0 spiro atoms. The third-order valence-corrected chi connectivity index (χ3v) is 6.18. The summed E-state index contributed by atoms with van der Waals surface area (Å²) in [5.41, 5.74) is 6.23. The first-order valence-electron chi connectivity index (χ1n) is 7.08. The van der Waals surface area contributed by atoms with E-state index in [1.807, 2.05) is 0 Å². The zero-order valence-corrected chi connectivity index (χ0v) is 14.8. The Morgan fingerprint density at radius 3 is 2.38 bits per heavy atom. The second-order valence-electron chi connectivity index (χ2n) is 5.78. The molecule has 1 heterocycles. The molecule has 2 rings (SSSR count). The van der Waals surface area contributed by atoms with Gasteiger partial charge in [-0.3, -0.25) is 0 Å². The van der Waals surface area contributed by atoms with Crippen LogP contribution in [0.25, 0.3) is 0 Å². The van der Waals surface area contributed by atoms with Gasteiger partial charge in [0.25, 0.3) is 0 Å². The molecule has 0 amide bonds. The lowest BCUT2D eigenvalue weighted by atomic mass is 10.2. The van der Waals surface area contributed by atoms with E-state index in [0.29, 0.717) is 29.2 Å². The molecule has 0 aromatic heterocycles. The summed E-state index contributed by atoms with van der Waals surface area (Å²) >= 11 is 3.28. The number of anilines is 1. The van der Waals surface area contributed by atoms with Gasteiger partial charge >= 0.3 is 0 Å². The molecule has 0 radical (unpaired) electrons. The van der Waals surface area contributed by atoms with Crippen LogP contribution in [-0.2, 0) is 10.0 Å². The summed E-state index contributed by atoms with van der Waals surface area (Å²) in [6.45, 7) is 7.99. The summed E-state index contributed by atoms with van der Waals surface area (Å²) in [7, 11) is -3.45. The molecule has 1 aromatic carbocycles. The van der Waals surface area contributed by atoms with Gasteiger partial charge in [-0.2, -0.15) is 4.31 Å². The molecule has 1 aliphatic heterocycles. The van der Waals surface area contributed by atoms with E-state index in [4.69, 9.17) is 5.73 Å². The second kappa shape index (κ2) is 6.64. The average Bonchev–Trinajstić information content (AvgIpc) is 2.41. The van der Waals surface area contributed by atoms with E-state index < -0.39 is 10.0 Å². The molecule has 0 saturated carbocycles. The van der Waals surface area contributed by atoms with Gasteiger partial charge in [0.2, 0.25) is 10.0 Å². The van der Waals surface area contributed by atoms with Gasteiger partial charge in [0.15, 0.2) is 0 Å². The van der Waals surface area contributed by atoms with Crippen molar-refractivity contribution in [2.45, 2.75) is 18.7 Å². The third kappa shape index (κ3) is 3.97. The molecule has 0 bridgehead atoms. The number of nitrogens with zero attached hydrogens (tertiary/aromatic N) is 2. The van der Waals surface area contributed by atoms with Crippen molar-refractivity contribution >= 4 is 31.6 Å². The van der Waals surface area contributed by atoms with Crippen molar-refractivity contribution in [1.29, 1.82) is 0 Å². The average molecular weight is 376 g/mol. The highest BCUT2D eigenvalue weighted by atomic mass is 79.9. The van der Waals surface area contributed by atoms with Gasteiger partial charge in [0.05, 0.1) is 4.90 Å². The fourth-order valence-corrected chi connectivity index (χ4v) is 4.20. The highest BCUT2D eigenvalue weighted by Gasteiger charge is 2.28. The minimum atomic E-state index is -3.45. The molecule has 1 fully saturated rings. The Morgan fingerprint density at radius 2 is 1.86 bits per heavy atom. The maximum atomic E-state index is 12.6. The molecule has 118 valence electrons. The highest BCUT2D eigenvalue weighted by Crippen LogP contribution is 2.25. The predicted octanol–water partition coefficient (Wildman–Crippen LogP) is 1.99. The fraction of sp³-hybridized carbons (Fsp3) is 0.571. The molecular weight excluding hydrogens is 354 g/mol. The molecule has 7 heteroatoms. The number of hydrogen-bond donors (Lipinski definition) is 1. The normalized spacial score (nSPS) is 18.3. The summed E-state index contributed by atoms with van der Waals surface area (Å²) in [4.78, 5) is 2.58. The number of hydrogen-bond acceptors (Lipinski definition) is 4. The Hall–Kier alpha value is -0.630. The summed E-state index contributed by atoms with van der Waals surface area (Å²) < 4.78 is 27.5. The number of piperazine rings is 1. The minimum absolute atomic E-state index is 0.264. The van der Waals surface area contributed by atoms with E-state index in [1.165, 1.54) is 6.07 Å². The first-order valence-corrected chi connectivity index (χ1v) is 9.31. The van der Waals surface area contributed by atoms with E-state index in [-0.39, 0.29) is 4.90 Å². The van der Waals surface area contributed by atoms with Crippen LogP contribution in [0, 0.1) is 5.92 Å². The van der Waals surface area contributed by atoms with Gasteiger partial charge in [0.1, 0.15) is 0 Å². The van der Waals surface area contributed by atoms with Crippen molar-refractivity contribution in [3.63, 3.8) is 0 Å². The van der Waals surface area contributed by atoms with E-state index in [2.05, 4.69) is 34.7 Å². The van der Waals surface area contributed by atoms with Gasteiger partial charge in [0, 0.05) is 42.9 Å². The summed E-state index contributed by atoms with van der Waals surface area (Å²) in [6, 6.07) is 4.79. The smallest absolute Gasteiger partial charge is 0.243 e. The molecule has 5 nitrogen and oxygen atoms in total. The zero-order valence-electron chi connectivity index (χ0n) is 12.4. The molecule has 0 aliphatic carbocycles. The van der Waals surface area contributed by atoms with Gasteiger partial charge in [-0.05, 0) is 40.0 Å². The molecule has 0 unspecified atom stereocenters. The van der Waals surface area contributed by atoms with Crippen LogP contribution in [0.1, 0.15) is 13.8 Å². The van der Waals surface area contributed by atoms with E-state index in [0.717, 1.165) is 19.6 Å². The number of nitrogen functional groups attached to an aromatic ring is 1. The zero-order chi connectivity index (χ0) is 15.6. The number of nitrogens with two attached hydrogens (primary N) is 1. The first-order chi connectivity index (χ1) is 9.80. The highest BCUT2D eigenvalue weighted by molar-refractivity contribution is 9.10. The minimum Gasteiger partial charge on any atom is -0.398 e. The van der Waals surface area contributed by atoms with Crippen molar-refractivity contribution in [1.82, 2.24) is 9.21 Å². The van der Waals surface area contributed by atoms with Crippen molar-refractivity contribution in [3.05, 3.63) is 22.7 Å². The van der Waals surface area contributed by atoms with Gasteiger partial charge < -0.3 is 10.6 Å². The number of benzene rings is 1. The lowest BCUT2D eigenvalue weighted by Crippen LogP contribution is -2.49. The number of halogens is 1. The van der Waals surface area contributed by atoms with Crippen LogP contribution in [0.2, 0.25) is 0 Å². The van der Waals surface area contributed by atoms with Crippen molar-refractivity contribution in [3.8, 4) is 0 Å². The Bertz CT molecular complexity index is 596. The van der Waals surface area contributed by atoms with E-state index in [1.54, 1.807) is 16.4 Å². The van der Waals surface area contributed by atoms with Gasteiger partial charge in [-0.1, -0.05) is 13.8 Å². The molecular formula is C14H22BrN3O2S. The second-order valence-corrected chi connectivity index (χ2v) is 8.57. The maximum absolute atomic E-state index is 12.6. The van der Waals surface area contributed by atoms with Crippen molar-refractivity contribution in [2.24, 2.45) is 5.92 Å². The van der Waals surface area contributed by atoms with Crippen LogP contribution in [-0.4, -0.2) is 50.3 Å². The number of sulfonamides is 1. The topological polar surface area (TPSA) is 66.6 Å². The quantitative estimate of drug-likeness (QED) is 0.817. The lowest BCUT2D eigenvalue weighted by molar-refractivity contribution is 0.172. The van der Waals surface area contributed by atoms with Crippen LogP contribution in [0.4, 0.5) is 5.69 Å². The third-order valence-electron chi connectivity index (χ3n) is 3.56. The number of rotatable bonds is 4. The Balaban J connectivity index is 2.09. The maximum Gasteiger partial charge on any atom is 0.243 e. The van der Waals surface area contributed by atoms with E-state index in [9.17, 15) is 8.42 Å². The molecule has 21 heavy (non-hydrogen) atoms. The Kier molecular flexibility index (Phi) is 5.29. The first kappa shape index (κ1) is 16.7. The van der Waals surface area contributed by atoms with Crippen LogP contribution in [0.3, 0.4) is 0 Å². The molecule has 1 aromatic rings. The van der Waals surface area contributed by atoms with Crippen molar-refractivity contribution < 1.29 is 8.42 Å². The summed E-state index contributed by atoms with van der Waals surface area (Å²) in [6.07, 6.45) is 0. The Labute approximate surface area is 135 Å². The van der Waals surface area contributed by atoms with E-state index >= 15 is 0 Å². The van der Waals surface area contributed by atoms with Crippen LogP contribution < -0.4 is 5.73 Å². The van der Waals surface area contributed by atoms with Gasteiger partial charge in [-0.25, -0.2) is 8.42 Å². The summed E-state index contributed by atoms with van der Waals surface area (Å²) in [5, 5.41) is 0. The molecule has 2 N–H and O–H groups in total. The fourth-order valence-electron chi connectivity index (χ4n) is 2.50. The molecule has 1 saturated heterocycles. The predicted molar refractivity (Wildman–Crippen MR) is 88.6 cm³/mol. The standard InChI is InChI=1S/C14H22BrN3O2S/c1-11(2)10-17-5-7-18(8-6-17)21(19,20)12-3-4-13(15)14(16)9-12/h3-4,9,11H,5-8,10,16H2,1-2H3. The van der Waals surface area contributed by atoms with Crippen molar-refractivity contribution in [2.75, 3.05) is 38.5 Å². The molecule has 1 aliphatic rings. The molecule has 0 atom stereocenters. The largest absolute Gasteiger partial charge is 0.398 e. The Morgan fingerprint density at radius 1 is 1.24 bits per heavy atom. The van der Waals surface area contributed by atoms with Crippen LogP contribution in [0.15, 0.2) is 27.6 Å². The lowest BCUT2D eigenvalue weighted by Gasteiger charge is -2.34. The van der Waals surface area contributed by atoms with Crippen LogP contribution >= 0.6 is 15.9 Å². The van der Waals surface area contributed by atoms with Crippen LogP contribution in [0.5, 0.6) is 0 Å². The SMILES string of the molecule is CC(C)CN1CCN(S(=O)(=O)c2ccc(Br)c(N)c2)CC1.